The molecule has 0 saturated carbocycles. The van der Waals surface area contributed by atoms with Gasteiger partial charge in [0.1, 0.15) is 17.8 Å². The van der Waals surface area contributed by atoms with Crippen LogP contribution < -0.4 is 10.5 Å². The fraction of sp³-hybridized carbons (Fsp3) is 0.370. The molecule has 1 unspecified atom stereocenters. The number of aromatic hydroxyl groups is 1. The molecule has 2 saturated heterocycles. The molecular weight excluding hydrogens is 433 g/mol. The van der Waals surface area contributed by atoms with Crippen LogP contribution in [0.2, 0.25) is 0 Å². The van der Waals surface area contributed by atoms with Crippen LogP contribution in [0, 0.1) is 5.82 Å². The normalized spacial score (nSPS) is 19.6. The lowest BCUT2D eigenvalue weighted by Crippen LogP contribution is -2.46. The van der Waals surface area contributed by atoms with E-state index in [9.17, 15) is 14.3 Å². The number of hydrogen-bond acceptors (Lipinski definition) is 6. The fourth-order valence-electron chi connectivity index (χ4n) is 5.05. The van der Waals surface area contributed by atoms with Crippen molar-refractivity contribution in [2.24, 2.45) is 0 Å². The molecule has 0 spiro atoms. The van der Waals surface area contributed by atoms with E-state index < -0.39 is 5.63 Å². The standard InChI is InChI=1S/C27H30FN3O3/c28-23-6-8-24(9-7-23)31-14-12-29(13-15-31)17-22-19-34-27(33)25(26(22)32)18-30-11-10-21(16-30)20-4-2-1-3-5-20/h1-9,19,21,32H,10-18H2. The van der Waals surface area contributed by atoms with Crippen LogP contribution in [-0.2, 0) is 13.1 Å². The van der Waals surface area contributed by atoms with Crippen molar-refractivity contribution >= 4 is 5.69 Å². The highest BCUT2D eigenvalue weighted by atomic mass is 19.1. The molecule has 2 aliphatic rings. The molecule has 0 aliphatic carbocycles. The maximum Gasteiger partial charge on any atom is 0.343 e. The molecule has 0 bridgehead atoms. The van der Waals surface area contributed by atoms with Crippen LogP contribution in [0.25, 0.3) is 0 Å². The van der Waals surface area contributed by atoms with Crippen molar-refractivity contribution in [3.8, 4) is 5.75 Å². The van der Waals surface area contributed by atoms with E-state index in [2.05, 4.69) is 39.0 Å². The summed E-state index contributed by atoms with van der Waals surface area (Å²) in [7, 11) is 0. The van der Waals surface area contributed by atoms with Gasteiger partial charge in [-0.1, -0.05) is 30.3 Å². The Morgan fingerprint density at radius 3 is 2.38 bits per heavy atom. The van der Waals surface area contributed by atoms with Gasteiger partial charge in [0, 0.05) is 57.1 Å². The number of hydrogen-bond donors (Lipinski definition) is 1. The summed E-state index contributed by atoms with van der Waals surface area (Å²) in [6.45, 7) is 5.88. The van der Waals surface area contributed by atoms with E-state index in [0.717, 1.165) is 51.4 Å². The van der Waals surface area contributed by atoms with Crippen molar-refractivity contribution in [2.45, 2.75) is 25.4 Å². The predicted octanol–water partition coefficient (Wildman–Crippen LogP) is 3.80. The maximum absolute atomic E-state index is 13.2. The van der Waals surface area contributed by atoms with Crippen molar-refractivity contribution in [1.29, 1.82) is 0 Å². The first kappa shape index (κ1) is 22.6. The van der Waals surface area contributed by atoms with Gasteiger partial charge in [-0.15, -0.1) is 0 Å². The number of halogens is 1. The third kappa shape index (κ3) is 5.00. The molecular formula is C27H30FN3O3. The highest BCUT2D eigenvalue weighted by Crippen LogP contribution is 2.30. The van der Waals surface area contributed by atoms with Gasteiger partial charge < -0.3 is 14.4 Å². The van der Waals surface area contributed by atoms with Gasteiger partial charge in [0.05, 0.1) is 5.56 Å². The Hall–Kier alpha value is -3.16. The monoisotopic (exact) mass is 463 g/mol. The smallest absolute Gasteiger partial charge is 0.343 e. The highest BCUT2D eigenvalue weighted by molar-refractivity contribution is 5.46. The summed E-state index contributed by atoms with van der Waals surface area (Å²) in [4.78, 5) is 19.1. The molecule has 1 atom stereocenters. The van der Waals surface area contributed by atoms with Gasteiger partial charge in [-0.25, -0.2) is 9.18 Å². The first-order valence-corrected chi connectivity index (χ1v) is 11.9. The lowest BCUT2D eigenvalue weighted by molar-refractivity contribution is 0.241. The van der Waals surface area contributed by atoms with E-state index in [1.807, 2.05) is 6.07 Å². The minimum Gasteiger partial charge on any atom is -0.507 e. The van der Waals surface area contributed by atoms with Crippen LogP contribution in [-0.4, -0.2) is 54.2 Å². The average Bonchev–Trinajstić information content (AvgIpc) is 3.34. The molecule has 1 aromatic heterocycles. The average molecular weight is 464 g/mol. The number of likely N-dealkylation sites (tertiary alicyclic amines) is 1. The largest absolute Gasteiger partial charge is 0.507 e. The Bertz CT molecular complexity index is 1160. The van der Waals surface area contributed by atoms with Gasteiger partial charge in [0.2, 0.25) is 0 Å². The molecule has 3 aromatic rings. The number of nitrogens with zero attached hydrogens (tertiary/aromatic N) is 3. The molecule has 34 heavy (non-hydrogen) atoms. The van der Waals surface area contributed by atoms with Crippen LogP contribution in [0.5, 0.6) is 5.75 Å². The topological polar surface area (TPSA) is 60.2 Å². The van der Waals surface area contributed by atoms with Gasteiger partial charge >= 0.3 is 5.63 Å². The summed E-state index contributed by atoms with van der Waals surface area (Å²) < 4.78 is 18.5. The van der Waals surface area contributed by atoms with Crippen LogP contribution in [0.4, 0.5) is 10.1 Å². The molecule has 0 radical (unpaired) electrons. The molecule has 6 nitrogen and oxygen atoms in total. The number of benzene rings is 2. The lowest BCUT2D eigenvalue weighted by atomic mass is 9.99. The predicted molar refractivity (Wildman–Crippen MR) is 130 cm³/mol. The summed E-state index contributed by atoms with van der Waals surface area (Å²) in [5.41, 5.74) is 2.84. The lowest BCUT2D eigenvalue weighted by Gasteiger charge is -2.36. The van der Waals surface area contributed by atoms with Crippen molar-refractivity contribution in [2.75, 3.05) is 44.2 Å². The summed E-state index contributed by atoms with van der Waals surface area (Å²) >= 11 is 0. The van der Waals surface area contributed by atoms with E-state index in [0.29, 0.717) is 30.1 Å². The maximum atomic E-state index is 13.2. The number of anilines is 1. The quantitative estimate of drug-likeness (QED) is 0.600. The fourth-order valence-corrected chi connectivity index (χ4v) is 5.05. The Balaban J connectivity index is 1.21. The van der Waals surface area contributed by atoms with Crippen LogP contribution in [0.3, 0.4) is 0 Å². The molecule has 2 aromatic carbocycles. The molecule has 0 amide bonds. The second-order valence-electron chi connectivity index (χ2n) is 9.25. The second-order valence-corrected chi connectivity index (χ2v) is 9.25. The third-order valence-corrected chi connectivity index (χ3v) is 7.03. The van der Waals surface area contributed by atoms with Crippen molar-refractivity contribution < 1.29 is 13.9 Å². The second kappa shape index (κ2) is 9.99. The van der Waals surface area contributed by atoms with Crippen LogP contribution in [0.1, 0.15) is 29.0 Å². The highest BCUT2D eigenvalue weighted by Gasteiger charge is 2.27. The summed E-state index contributed by atoms with van der Waals surface area (Å²) in [6, 6.07) is 17.0. The Morgan fingerprint density at radius 1 is 0.912 bits per heavy atom. The van der Waals surface area contributed by atoms with E-state index >= 15 is 0 Å². The third-order valence-electron chi connectivity index (χ3n) is 7.03. The van der Waals surface area contributed by atoms with Crippen molar-refractivity contribution in [1.82, 2.24) is 9.80 Å². The molecule has 7 heteroatoms. The molecule has 1 N–H and O–H groups in total. The van der Waals surface area contributed by atoms with Gasteiger partial charge in [-0.05, 0) is 48.7 Å². The van der Waals surface area contributed by atoms with Crippen LogP contribution in [0.15, 0.2) is 70.1 Å². The summed E-state index contributed by atoms with van der Waals surface area (Å²) in [5, 5.41) is 10.9. The van der Waals surface area contributed by atoms with Gasteiger partial charge in [-0.3, -0.25) is 9.80 Å². The minimum absolute atomic E-state index is 0.0559. The molecule has 2 fully saturated rings. The zero-order valence-corrected chi connectivity index (χ0v) is 19.2. The Morgan fingerprint density at radius 2 is 1.65 bits per heavy atom. The first-order valence-electron chi connectivity index (χ1n) is 11.9. The molecule has 2 aliphatic heterocycles. The zero-order valence-electron chi connectivity index (χ0n) is 19.2. The minimum atomic E-state index is -0.467. The van der Waals surface area contributed by atoms with E-state index in [-0.39, 0.29) is 11.6 Å². The molecule has 3 heterocycles. The van der Waals surface area contributed by atoms with Crippen molar-refractivity contribution in [3.63, 3.8) is 0 Å². The van der Waals surface area contributed by atoms with Crippen LogP contribution >= 0.6 is 0 Å². The SMILES string of the molecule is O=c1occ(CN2CCN(c3ccc(F)cc3)CC2)c(O)c1CN1CCC(c2ccccc2)C1. The Kier molecular flexibility index (Phi) is 6.65. The van der Waals surface area contributed by atoms with Crippen molar-refractivity contribution in [3.05, 3.63) is 93.8 Å². The van der Waals surface area contributed by atoms with Gasteiger partial charge in [0.15, 0.2) is 0 Å². The van der Waals surface area contributed by atoms with E-state index in [1.165, 1.54) is 24.0 Å². The number of rotatable bonds is 6. The van der Waals surface area contributed by atoms with Gasteiger partial charge in [0.25, 0.3) is 0 Å². The number of piperazine rings is 1. The van der Waals surface area contributed by atoms with Gasteiger partial charge in [-0.2, -0.15) is 0 Å². The summed E-state index contributed by atoms with van der Waals surface area (Å²) in [5.74, 6) is 0.264. The molecule has 5 rings (SSSR count). The zero-order chi connectivity index (χ0) is 23.5. The van der Waals surface area contributed by atoms with E-state index in [4.69, 9.17) is 4.42 Å². The van der Waals surface area contributed by atoms with E-state index in [1.54, 1.807) is 12.1 Å². The molecule has 178 valence electrons. The first-order chi connectivity index (χ1) is 16.6. The Labute approximate surface area is 198 Å². The summed E-state index contributed by atoms with van der Waals surface area (Å²) in [6.07, 6.45) is 2.43.